The molecule has 0 fully saturated rings. The maximum atomic E-state index is 13.2. The van der Waals surface area contributed by atoms with Gasteiger partial charge in [0, 0.05) is 12.1 Å². The summed E-state index contributed by atoms with van der Waals surface area (Å²) in [4.78, 5) is 21.9. The van der Waals surface area contributed by atoms with Crippen molar-refractivity contribution in [2.24, 2.45) is 0 Å². The molecule has 0 bridgehead atoms. The zero-order valence-corrected chi connectivity index (χ0v) is 23.8. The minimum Gasteiger partial charge on any atom is -0.479 e. The number of furan rings is 1. The normalized spacial score (nSPS) is 14.9. The number of ether oxygens (including phenoxy) is 3. The fourth-order valence-corrected chi connectivity index (χ4v) is 5.17. The first-order valence-electron chi connectivity index (χ1n) is 13.1. The summed E-state index contributed by atoms with van der Waals surface area (Å²) in [5.41, 5.74) is 4.90. The predicted octanol–water partition coefficient (Wildman–Crippen LogP) is 6.48. The highest BCUT2D eigenvalue weighted by atomic mass is 16.5. The van der Waals surface area contributed by atoms with E-state index in [4.69, 9.17) is 18.6 Å². The Kier molecular flexibility index (Phi) is 7.01. The summed E-state index contributed by atoms with van der Waals surface area (Å²) >= 11 is 0. The molecule has 3 heterocycles. The number of fused-ring (bicyclic) bond motifs is 1. The Labute approximate surface area is 233 Å². The van der Waals surface area contributed by atoms with Crippen LogP contribution >= 0.6 is 0 Å². The Bertz CT molecular complexity index is 1530. The second-order valence-electron chi connectivity index (χ2n) is 10.8. The minimum atomic E-state index is -0.475. The van der Waals surface area contributed by atoms with Crippen LogP contribution in [0.15, 0.2) is 59.0 Å². The molecular formula is C31H34N4O5. The highest BCUT2D eigenvalue weighted by Crippen LogP contribution is 2.47. The summed E-state index contributed by atoms with van der Waals surface area (Å²) in [6.45, 7) is 10.5. The molecule has 0 radical (unpaired) electrons. The Morgan fingerprint density at radius 2 is 1.52 bits per heavy atom. The maximum Gasteiger partial charge on any atom is 0.291 e. The van der Waals surface area contributed by atoms with Crippen molar-refractivity contribution in [2.45, 2.75) is 52.2 Å². The maximum absolute atomic E-state index is 13.2. The van der Waals surface area contributed by atoms with Crippen LogP contribution in [-0.4, -0.2) is 30.1 Å². The number of aromatic nitrogens is 2. The van der Waals surface area contributed by atoms with Crippen molar-refractivity contribution in [3.8, 4) is 11.8 Å². The number of amides is 1. The lowest BCUT2D eigenvalue weighted by Crippen LogP contribution is -2.22. The van der Waals surface area contributed by atoms with Crippen molar-refractivity contribution in [3.05, 3.63) is 88.4 Å². The monoisotopic (exact) mass is 542 g/mol. The van der Waals surface area contributed by atoms with Gasteiger partial charge in [-0.1, -0.05) is 30.3 Å². The smallest absolute Gasteiger partial charge is 0.291 e. The van der Waals surface area contributed by atoms with E-state index in [1.54, 1.807) is 6.07 Å². The number of methoxy groups -OCH3 is 2. The van der Waals surface area contributed by atoms with Gasteiger partial charge in [-0.25, -0.2) is 0 Å². The summed E-state index contributed by atoms with van der Waals surface area (Å²) in [6, 6.07) is 17.3. The standard InChI is InChI=1S/C31H34N4O5/c1-18-15-22-23(31(4,5)40-30(22,2)3)17-19(18)16-21-13-14-24(39-21)26(36)33-25-27(37-6)34-29(35-28(25)38-7)32-20-11-9-8-10-12-20/h8-15,17H,16H2,1-7H3,(H,33,36)(H,32,34,35). The van der Waals surface area contributed by atoms with Crippen LogP contribution in [0.2, 0.25) is 0 Å². The lowest BCUT2D eigenvalue weighted by Gasteiger charge is -2.24. The molecule has 0 saturated carbocycles. The Balaban J connectivity index is 1.35. The van der Waals surface area contributed by atoms with Crippen LogP contribution in [0, 0.1) is 6.92 Å². The third-order valence-corrected chi connectivity index (χ3v) is 7.03. The van der Waals surface area contributed by atoms with Gasteiger partial charge in [0.1, 0.15) is 5.76 Å². The summed E-state index contributed by atoms with van der Waals surface area (Å²) in [5.74, 6) is 0.895. The number of hydrogen-bond donors (Lipinski definition) is 2. The molecule has 0 aliphatic carbocycles. The Morgan fingerprint density at radius 1 is 0.900 bits per heavy atom. The van der Waals surface area contributed by atoms with Crippen LogP contribution < -0.4 is 20.1 Å². The number of rotatable bonds is 8. The third-order valence-electron chi connectivity index (χ3n) is 7.03. The van der Waals surface area contributed by atoms with Gasteiger partial charge in [0.25, 0.3) is 5.91 Å². The van der Waals surface area contributed by atoms with Gasteiger partial charge in [0.15, 0.2) is 11.4 Å². The number of benzene rings is 2. The SMILES string of the molecule is COc1nc(Nc2ccccc2)nc(OC)c1NC(=O)c1ccc(Cc2cc3c(cc2C)C(C)(C)OC3(C)C)o1. The lowest BCUT2D eigenvalue weighted by molar-refractivity contribution is -0.105. The Morgan fingerprint density at radius 3 is 2.15 bits per heavy atom. The summed E-state index contributed by atoms with van der Waals surface area (Å²) in [6.07, 6.45) is 0.540. The van der Waals surface area contributed by atoms with Crippen molar-refractivity contribution >= 4 is 23.2 Å². The van der Waals surface area contributed by atoms with E-state index in [2.05, 4.69) is 67.4 Å². The quantitative estimate of drug-likeness (QED) is 0.260. The van der Waals surface area contributed by atoms with Crippen molar-refractivity contribution in [1.82, 2.24) is 9.97 Å². The molecule has 1 amide bonds. The van der Waals surface area contributed by atoms with Gasteiger partial charge in [0.2, 0.25) is 17.7 Å². The molecule has 9 nitrogen and oxygen atoms in total. The highest BCUT2D eigenvalue weighted by molar-refractivity contribution is 6.03. The molecular weight excluding hydrogens is 508 g/mol. The predicted molar refractivity (Wildman–Crippen MR) is 153 cm³/mol. The molecule has 0 spiro atoms. The summed E-state index contributed by atoms with van der Waals surface area (Å²) < 4.78 is 23.2. The first-order valence-corrected chi connectivity index (χ1v) is 13.1. The minimum absolute atomic E-state index is 0.145. The van der Waals surface area contributed by atoms with Crippen LogP contribution in [-0.2, 0) is 22.4 Å². The average molecular weight is 543 g/mol. The van der Waals surface area contributed by atoms with Crippen molar-refractivity contribution in [1.29, 1.82) is 0 Å². The fraction of sp³-hybridized carbons (Fsp3) is 0.323. The van der Waals surface area contributed by atoms with E-state index in [0.717, 1.165) is 16.8 Å². The van der Waals surface area contributed by atoms with Gasteiger partial charge < -0.3 is 29.3 Å². The molecule has 5 rings (SSSR count). The number of hydrogen-bond acceptors (Lipinski definition) is 8. The first-order chi connectivity index (χ1) is 19.0. The van der Waals surface area contributed by atoms with E-state index in [1.807, 2.05) is 36.4 Å². The zero-order chi connectivity index (χ0) is 28.7. The fourth-order valence-electron chi connectivity index (χ4n) is 5.17. The molecule has 4 aromatic rings. The van der Waals surface area contributed by atoms with E-state index >= 15 is 0 Å². The van der Waals surface area contributed by atoms with Gasteiger partial charge in [-0.05, 0) is 81.1 Å². The van der Waals surface area contributed by atoms with Crippen LogP contribution in [0.4, 0.5) is 17.3 Å². The molecule has 9 heteroatoms. The first kappa shape index (κ1) is 27.2. The van der Waals surface area contributed by atoms with Crippen molar-refractivity contribution in [3.63, 3.8) is 0 Å². The second-order valence-corrected chi connectivity index (χ2v) is 10.8. The number of nitrogens with one attached hydrogen (secondary N) is 2. The van der Waals surface area contributed by atoms with Crippen LogP contribution in [0.3, 0.4) is 0 Å². The molecule has 0 saturated heterocycles. The second kappa shape index (κ2) is 10.3. The topological polar surface area (TPSA) is 108 Å². The molecule has 0 unspecified atom stereocenters. The molecule has 0 atom stereocenters. The van der Waals surface area contributed by atoms with E-state index < -0.39 is 5.91 Å². The summed E-state index contributed by atoms with van der Waals surface area (Å²) in [5, 5.41) is 5.88. The van der Waals surface area contributed by atoms with Gasteiger partial charge in [-0.2, -0.15) is 9.97 Å². The molecule has 1 aliphatic rings. The van der Waals surface area contributed by atoms with Crippen molar-refractivity contribution < 1.29 is 23.4 Å². The molecule has 40 heavy (non-hydrogen) atoms. The number of anilines is 3. The van der Waals surface area contributed by atoms with Gasteiger partial charge in [-0.3, -0.25) is 4.79 Å². The van der Waals surface area contributed by atoms with Gasteiger partial charge in [-0.15, -0.1) is 0 Å². The van der Waals surface area contributed by atoms with Crippen LogP contribution in [0.5, 0.6) is 11.8 Å². The lowest BCUT2D eigenvalue weighted by atomic mass is 9.86. The molecule has 2 N–H and O–H groups in total. The number of para-hydroxylation sites is 1. The molecule has 2 aromatic heterocycles. The number of nitrogens with zero attached hydrogens (tertiary/aromatic N) is 2. The number of carbonyl (C=O) groups is 1. The largest absolute Gasteiger partial charge is 0.479 e. The van der Waals surface area contributed by atoms with E-state index in [0.29, 0.717) is 12.2 Å². The Hall–Kier alpha value is -4.37. The van der Waals surface area contributed by atoms with E-state index in [1.165, 1.54) is 25.3 Å². The molecule has 2 aromatic carbocycles. The number of aryl methyl sites for hydroxylation is 1. The molecule has 1 aliphatic heterocycles. The van der Waals surface area contributed by atoms with Crippen LogP contribution in [0.25, 0.3) is 0 Å². The average Bonchev–Trinajstić information content (AvgIpc) is 3.45. The third kappa shape index (κ3) is 5.24. The molecule has 208 valence electrons. The van der Waals surface area contributed by atoms with Gasteiger partial charge >= 0.3 is 0 Å². The number of carbonyl (C=O) groups excluding carboxylic acids is 1. The van der Waals surface area contributed by atoms with Crippen molar-refractivity contribution in [2.75, 3.05) is 24.9 Å². The zero-order valence-electron chi connectivity index (χ0n) is 23.8. The summed E-state index contributed by atoms with van der Waals surface area (Å²) in [7, 11) is 2.92. The van der Waals surface area contributed by atoms with Gasteiger partial charge in [0.05, 0.1) is 25.4 Å². The van der Waals surface area contributed by atoms with E-state index in [-0.39, 0.29) is 40.4 Å². The highest BCUT2D eigenvalue weighted by Gasteiger charge is 2.43. The van der Waals surface area contributed by atoms with Crippen LogP contribution in [0.1, 0.15) is 66.3 Å². The van der Waals surface area contributed by atoms with E-state index in [9.17, 15) is 4.79 Å².